The van der Waals surface area contributed by atoms with E-state index in [4.69, 9.17) is 9.84 Å². The molecule has 0 atom stereocenters. The van der Waals surface area contributed by atoms with Gasteiger partial charge in [0, 0.05) is 25.7 Å². The summed E-state index contributed by atoms with van der Waals surface area (Å²) < 4.78 is 5.44. The molecule has 36 heavy (non-hydrogen) atoms. The summed E-state index contributed by atoms with van der Waals surface area (Å²) in [6.07, 6.45) is 0.684. The van der Waals surface area contributed by atoms with Crippen molar-refractivity contribution in [3.05, 3.63) is 89.0 Å². The van der Waals surface area contributed by atoms with Crippen LogP contribution in [-0.2, 0) is 29.0 Å². The number of carboxylic acid groups (broad SMARTS) is 1. The molecule has 0 bridgehead atoms. The number of methoxy groups -OCH3 is 1. The molecule has 3 amide bonds. The molecule has 0 radical (unpaired) electrons. The summed E-state index contributed by atoms with van der Waals surface area (Å²) in [5.41, 5.74) is 4.77. The van der Waals surface area contributed by atoms with Crippen LogP contribution < -0.4 is 15.4 Å². The van der Waals surface area contributed by atoms with Crippen LogP contribution in [-0.4, -0.2) is 42.1 Å². The van der Waals surface area contributed by atoms with Crippen molar-refractivity contribution in [2.45, 2.75) is 32.7 Å². The number of benzene rings is 3. The zero-order valence-corrected chi connectivity index (χ0v) is 20.7. The van der Waals surface area contributed by atoms with Gasteiger partial charge in [-0.25, -0.2) is 4.79 Å². The summed E-state index contributed by atoms with van der Waals surface area (Å²) in [5, 5.41) is 14.5. The maximum Gasteiger partial charge on any atom is 0.323 e. The molecule has 0 unspecified atom stereocenters. The highest BCUT2D eigenvalue weighted by molar-refractivity contribution is 6.01. The van der Waals surface area contributed by atoms with Crippen molar-refractivity contribution in [2.24, 2.45) is 0 Å². The van der Waals surface area contributed by atoms with Crippen LogP contribution in [0.25, 0.3) is 0 Å². The van der Waals surface area contributed by atoms with E-state index < -0.39 is 12.0 Å². The number of hydrogen-bond acceptors (Lipinski definition) is 4. The van der Waals surface area contributed by atoms with Gasteiger partial charge in [0.15, 0.2) is 0 Å². The summed E-state index contributed by atoms with van der Waals surface area (Å²) in [7, 11) is 3.24. The molecular weight excluding hydrogens is 458 g/mol. The molecule has 0 aliphatic heterocycles. The lowest BCUT2D eigenvalue weighted by atomic mass is 10.1. The van der Waals surface area contributed by atoms with Crippen LogP contribution in [0.2, 0.25) is 0 Å². The number of carbonyl (C=O) groups is 3. The Balaban J connectivity index is 1.60. The van der Waals surface area contributed by atoms with E-state index in [2.05, 4.69) is 10.6 Å². The standard InChI is InChI=1S/C28H31N3O5/c1-19-7-4-5-10-23(19)29-28(35)30-24-13-11-21(16-25(24)36-3)17-26(32)31(2)18-22-9-6-8-20(15-22)12-14-27(33)34/h4-11,13,15-16H,12,14,17-18H2,1-3H3,(H,33,34)(H2,29,30,35). The van der Waals surface area contributed by atoms with Gasteiger partial charge < -0.3 is 25.4 Å². The number of para-hydroxylation sites is 1. The predicted octanol–water partition coefficient (Wildman–Crippen LogP) is 4.87. The fraction of sp³-hybridized carbons (Fsp3) is 0.250. The fourth-order valence-electron chi connectivity index (χ4n) is 3.74. The second-order valence-electron chi connectivity index (χ2n) is 8.57. The number of amides is 3. The lowest BCUT2D eigenvalue weighted by molar-refractivity contribution is -0.137. The van der Waals surface area contributed by atoms with Crippen molar-refractivity contribution >= 4 is 29.3 Å². The molecule has 0 spiro atoms. The van der Waals surface area contributed by atoms with E-state index in [9.17, 15) is 14.4 Å². The molecule has 3 aromatic rings. The van der Waals surface area contributed by atoms with E-state index in [1.807, 2.05) is 55.5 Å². The molecule has 0 aliphatic carbocycles. The van der Waals surface area contributed by atoms with Crippen molar-refractivity contribution in [3.8, 4) is 5.75 Å². The highest BCUT2D eigenvalue weighted by atomic mass is 16.5. The molecule has 0 aromatic heterocycles. The van der Waals surface area contributed by atoms with Crippen LogP contribution in [0.3, 0.4) is 0 Å². The molecule has 0 aliphatic rings. The number of ether oxygens (including phenoxy) is 1. The number of likely N-dealkylation sites (N-methyl/N-ethyl adjacent to an activating group) is 1. The highest BCUT2D eigenvalue weighted by Gasteiger charge is 2.14. The molecule has 8 heteroatoms. The summed E-state index contributed by atoms with van der Waals surface area (Å²) >= 11 is 0. The number of carboxylic acids is 1. The minimum absolute atomic E-state index is 0.0679. The number of nitrogens with one attached hydrogen (secondary N) is 2. The van der Waals surface area contributed by atoms with Gasteiger partial charge in [0.1, 0.15) is 5.75 Å². The first-order chi connectivity index (χ1) is 17.2. The van der Waals surface area contributed by atoms with Crippen LogP contribution in [0.15, 0.2) is 66.7 Å². The molecular formula is C28H31N3O5. The Bertz CT molecular complexity index is 1240. The number of anilines is 2. The summed E-state index contributed by atoms with van der Waals surface area (Å²) in [4.78, 5) is 37.7. The van der Waals surface area contributed by atoms with E-state index in [0.29, 0.717) is 30.1 Å². The van der Waals surface area contributed by atoms with E-state index in [0.717, 1.165) is 22.3 Å². The van der Waals surface area contributed by atoms with Crippen LogP contribution in [0.1, 0.15) is 28.7 Å². The average molecular weight is 490 g/mol. The maximum atomic E-state index is 12.8. The van der Waals surface area contributed by atoms with Crippen LogP contribution in [0, 0.1) is 6.92 Å². The van der Waals surface area contributed by atoms with Gasteiger partial charge in [0.25, 0.3) is 0 Å². The SMILES string of the molecule is COc1cc(CC(=O)N(C)Cc2cccc(CCC(=O)O)c2)ccc1NC(=O)Nc1ccccc1C. The third-order valence-corrected chi connectivity index (χ3v) is 5.73. The second kappa shape index (κ2) is 12.4. The first kappa shape index (κ1) is 26.3. The number of rotatable bonds is 10. The monoisotopic (exact) mass is 489 g/mol. The molecule has 8 nitrogen and oxygen atoms in total. The number of carbonyl (C=O) groups excluding carboxylic acids is 2. The van der Waals surface area contributed by atoms with Crippen molar-refractivity contribution in [3.63, 3.8) is 0 Å². The van der Waals surface area contributed by atoms with Gasteiger partial charge in [-0.1, -0.05) is 48.5 Å². The number of aliphatic carboxylic acids is 1. The van der Waals surface area contributed by atoms with Gasteiger partial charge in [0.05, 0.1) is 19.2 Å². The number of urea groups is 1. The molecule has 3 N–H and O–H groups in total. The van der Waals surface area contributed by atoms with Crippen LogP contribution in [0.5, 0.6) is 5.75 Å². The topological polar surface area (TPSA) is 108 Å². The highest BCUT2D eigenvalue weighted by Crippen LogP contribution is 2.26. The van der Waals surface area contributed by atoms with E-state index in [1.165, 1.54) is 7.11 Å². The van der Waals surface area contributed by atoms with Crippen molar-refractivity contribution in [2.75, 3.05) is 24.8 Å². The Morgan fingerprint density at radius 2 is 1.61 bits per heavy atom. The molecule has 3 aromatic carbocycles. The van der Waals surface area contributed by atoms with Gasteiger partial charge in [-0.2, -0.15) is 0 Å². The van der Waals surface area contributed by atoms with Gasteiger partial charge in [-0.15, -0.1) is 0 Å². The average Bonchev–Trinajstić information content (AvgIpc) is 2.85. The van der Waals surface area contributed by atoms with Gasteiger partial charge in [0.2, 0.25) is 5.91 Å². The van der Waals surface area contributed by atoms with Gasteiger partial charge in [-0.3, -0.25) is 9.59 Å². The molecule has 0 saturated heterocycles. The lowest BCUT2D eigenvalue weighted by Crippen LogP contribution is -2.27. The fourth-order valence-corrected chi connectivity index (χ4v) is 3.74. The van der Waals surface area contributed by atoms with Crippen molar-refractivity contribution in [1.82, 2.24) is 4.90 Å². The Morgan fingerprint density at radius 1 is 0.889 bits per heavy atom. The third kappa shape index (κ3) is 7.59. The molecule has 0 saturated carbocycles. The zero-order chi connectivity index (χ0) is 26.1. The second-order valence-corrected chi connectivity index (χ2v) is 8.57. The summed E-state index contributed by atoms with van der Waals surface area (Å²) in [6.45, 7) is 2.32. The number of hydrogen-bond donors (Lipinski definition) is 3. The lowest BCUT2D eigenvalue weighted by Gasteiger charge is -2.18. The Labute approximate surface area is 210 Å². The quantitative estimate of drug-likeness (QED) is 0.377. The minimum atomic E-state index is -0.837. The number of nitrogens with zero attached hydrogens (tertiary/aromatic N) is 1. The smallest absolute Gasteiger partial charge is 0.323 e. The molecule has 188 valence electrons. The molecule has 0 heterocycles. The maximum absolute atomic E-state index is 12.8. The van der Waals surface area contributed by atoms with Crippen molar-refractivity contribution < 1.29 is 24.2 Å². The van der Waals surface area contributed by atoms with E-state index >= 15 is 0 Å². The first-order valence-electron chi connectivity index (χ1n) is 11.6. The van der Waals surface area contributed by atoms with Crippen LogP contribution >= 0.6 is 0 Å². The largest absolute Gasteiger partial charge is 0.495 e. The zero-order valence-electron chi connectivity index (χ0n) is 20.7. The van der Waals surface area contributed by atoms with Gasteiger partial charge in [-0.05, 0) is 53.8 Å². The summed E-state index contributed by atoms with van der Waals surface area (Å²) in [6, 6.07) is 19.9. The first-order valence-corrected chi connectivity index (χ1v) is 11.6. The Morgan fingerprint density at radius 3 is 2.33 bits per heavy atom. The van der Waals surface area contributed by atoms with Crippen molar-refractivity contribution in [1.29, 1.82) is 0 Å². The van der Waals surface area contributed by atoms with E-state index in [1.54, 1.807) is 30.1 Å². The predicted molar refractivity (Wildman–Crippen MR) is 139 cm³/mol. The molecule has 3 rings (SSSR count). The normalized spacial score (nSPS) is 10.4. The minimum Gasteiger partial charge on any atom is -0.495 e. The Kier molecular flexibility index (Phi) is 9.05. The third-order valence-electron chi connectivity index (χ3n) is 5.73. The van der Waals surface area contributed by atoms with E-state index in [-0.39, 0.29) is 18.7 Å². The summed E-state index contributed by atoms with van der Waals surface area (Å²) in [5.74, 6) is -0.462. The Hall–Kier alpha value is -4.33. The van der Waals surface area contributed by atoms with Crippen LogP contribution in [0.4, 0.5) is 16.2 Å². The number of aryl methyl sites for hydroxylation is 2. The van der Waals surface area contributed by atoms with Gasteiger partial charge >= 0.3 is 12.0 Å². The molecule has 0 fully saturated rings.